The second-order valence-corrected chi connectivity index (χ2v) is 3.61. The van der Waals surface area contributed by atoms with E-state index in [1.54, 1.807) is 18.4 Å². The van der Waals surface area contributed by atoms with Crippen molar-refractivity contribution in [2.24, 2.45) is 5.73 Å². The molecule has 0 aliphatic heterocycles. The van der Waals surface area contributed by atoms with E-state index in [4.69, 9.17) is 10.2 Å². The zero-order valence-electron chi connectivity index (χ0n) is 8.80. The van der Waals surface area contributed by atoms with Crippen LogP contribution in [-0.4, -0.2) is 5.78 Å². The van der Waals surface area contributed by atoms with Crippen LogP contribution >= 0.6 is 0 Å². The lowest BCUT2D eigenvalue weighted by Gasteiger charge is -2.09. The summed E-state index contributed by atoms with van der Waals surface area (Å²) in [4.78, 5) is 11.8. The van der Waals surface area contributed by atoms with Crippen LogP contribution in [0.1, 0.15) is 17.4 Å². The number of nitrogens with two attached hydrogens (primary N) is 1. The third kappa shape index (κ3) is 2.38. The van der Waals surface area contributed by atoms with Crippen molar-refractivity contribution in [3.05, 3.63) is 60.1 Å². The second-order valence-electron chi connectivity index (χ2n) is 3.61. The molecule has 3 nitrogen and oxygen atoms in total. The Kier molecular flexibility index (Phi) is 3.17. The van der Waals surface area contributed by atoms with Gasteiger partial charge in [0, 0.05) is 0 Å². The molecule has 0 bridgehead atoms. The van der Waals surface area contributed by atoms with Crippen LogP contribution in [0, 0.1) is 0 Å². The average Bonchev–Trinajstić information content (AvgIpc) is 2.82. The van der Waals surface area contributed by atoms with E-state index in [1.165, 1.54) is 0 Å². The lowest BCUT2D eigenvalue weighted by Crippen LogP contribution is -2.22. The summed E-state index contributed by atoms with van der Waals surface area (Å²) in [5.41, 5.74) is 6.70. The van der Waals surface area contributed by atoms with Gasteiger partial charge in [-0.2, -0.15) is 0 Å². The maximum absolute atomic E-state index is 11.8. The number of hydrogen-bond acceptors (Lipinski definition) is 3. The van der Waals surface area contributed by atoms with E-state index < -0.39 is 6.04 Å². The second kappa shape index (κ2) is 4.77. The van der Waals surface area contributed by atoms with E-state index in [-0.39, 0.29) is 12.2 Å². The number of ketones is 1. The number of rotatable bonds is 4. The van der Waals surface area contributed by atoms with Gasteiger partial charge in [0.1, 0.15) is 5.76 Å². The number of carbonyl (C=O) groups is 1. The van der Waals surface area contributed by atoms with Crippen LogP contribution in [-0.2, 0) is 11.2 Å². The molecule has 16 heavy (non-hydrogen) atoms. The van der Waals surface area contributed by atoms with Crippen LogP contribution in [0.25, 0.3) is 0 Å². The fourth-order valence-electron chi connectivity index (χ4n) is 1.54. The average molecular weight is 215 g/mol. The summed E-state index contributed by atoms with van der Waals surface area (Å²) in [6, 6.07) is 12.3. The topological polar surface area (TPSA) is 56.2 Å². The molecule has 0 saturated carbocycles. The molecule has 0 fully saturated rings. The highest BCUT2D eigenvalue weighted by atomic mass is 16.3. The van der Waals surface area contributed by atoms with E-state index in [0.29, 0.717) is 5.76 Å². The van der Waals surface area contributed by atoms with Crippen LogP contribution in [0.4, 0.5) is 0 Å². The number of Topliss-reactive ketones (excluding diaryl/α,β-unsaturated/α-hetero) is 1. The van der Waals surface area contributed by atoms with E-state index in [1.807, 2.05) is 30.3 Å². The quantitative estimate of drug-likeness (QED) is 0.849. The molecule has 3 heteroatoms. The van der Waals surface area contributed by atoms with Crippen molar-refractivity contribution >= 4 is 5.78 Å². The molecule has 2 N–H and O–H groups in total. The minimum absolute atomic E-state index is 0.0406. The minimum Gasteiger partial charge on any atom is -0.469 e. The first-order valence-electron chi connectivity index (χ1n) is 5.13. The molecule has 0 unspecified atom stereocenters. The van der Waals surface area contributed by atoms with Crippen LogP contribution in [0.5, 0.6) is 0 Å². The highest BCUT2D eigenvalue weighted by Gasteiger charge is 2.16. The van der Waals surface area contributed by atoms with Crippen molar-refractivity contribution < 1.29 is 9.21 Å². The maximum atomic E-state index is 11.8. The van der Waals surface area contributed by atoms with Gasteiger partial charge in [-0.25, -0.2) is 0 Å². The summed E-state index contributed by atoms with van der Waals surface area (Å²) in [7, 11) is 0. The molecule has 0 amide bonds. The highest BCUT2D eigenvalue weighted by Crippen LogP contribution is 2.13. The number of benzene rings is 1. The predicted octanol–water partition coefficient (Wildman–Crippen LogP) is 2.09. The van der Waals surface area contributed by atoms with E-state index in [9.17, 15) is 4.79 Å². The fourth-order valence-corrected chi connectivity index (χ4v) is 1.54. The van der Waals surface area contributed by atoms with Gasteiger partial charge in [0.25, 0.3) is 0 Å². The molecule has 1 heterocycles. The van der Waals surface area contributed by atoms with Gasteiger partial charge < -0.3 is 10.2 Å². The monoisotopic (exact) mass is 215 g/mol. The Balaban J connectivity index is 2.05. The molecule has 0 aliphatic carbocycles. The van der Waals surface area contributed by atoms with Gasteiger partial charge in [0.05, 0.1) is 18.7 Å². The molecule has 1 aromatic carbocycles. The van der Waals surface area contributed by atoms with Gasteiger partial charge in [-0.15, -0.1) is 0 Å². The highest BCUT2D eigenvalue weighted by molar-refractivity contribution is 5.86. The van der Waals surface area contributed by atoms with Crippen molar-refractivity contribution in [1.82, 2.24) is 0 Å². The number of furan rings is 1. The Hall–Kier alpha value is -1.87. The number of carbonyl (C=O) groups excluding carboxylic acids is 1. The van der Waals surface area contributed by atoms with Gasteiger partial charge in [0.2, 0.25) is 0 Å². The molecule has 1 atom stereocenters. The first-order chi connectivity index (χ1) is 7.77. The Bertz CT molecular complexity index is 448. The molecule has 2 rings (SSSR count). The molecule has 2 aromatic rings. The summed E-state index contributed by atoms with van der Waals surface area (Å²) >= 11 is 0. The van der Waals surface area contributed by atoms with E-state index in [2.05, 4.69) is 0 Å². The third-order valence-electron chi connectivity index (χ3n) is 2.43. The molecular weight excluding hydrogens is 202 g/mol. The van der Waals surface area contributed by atoms with Gasteiger partial charge in [-0.1, -0.05) is 30.3 Å². The molecule has 0 spiro atoms. The Morgan fingerprint density at radius 3 is 2.56 bits per heavy atom. The normalized spacial score (nSPS) is 12.3. The Morgan fingerprint density at radius 2 is 1.94 bits per heavy atom. The Labute approximate surface area is 93.9 Å². The van der Waals surface area contributed by atoms with Crippen molar-refractivity contribution in [3.8, 4) is 0 Å². The zero-order chi connectivity index (χ0) is 11.4. The van der Waals surface area contributed by atoms with Crippen molar-refractivity contribution in [2.75, 3.05) is 0 Å². The molecule has 0 saturated heterocycles. The smallest absolute Gasteiger partial charge is 0.161 e. The first kappa shape index (κ1) is 10.6. The summed E-state index contributed by atoms with van der Waals surface area (Å²) in [6.07, 6.45) is 1.79. The standard InChI is InChI=1S/C13H13NO2/c14-13(10-5-2-1-3-6-10)12(15)9-11-7-4-8-16-11/h1-8,13H,9,14H2/t13-/m1/s1. The largest absolute Gasteiger partial charge is 0.469 e. The lowest BCUT2D eigenvalue weighted by molar-refractivity contribution is -0.120. The van der Waals surface area contributed by atoms with Crippen LogP contribution in [0.2, 0.25) is 0 Å². The molecule has 82 valence electrons. The van der Waals surface area contributed by atoms with E-state index >= 15 is 0 Å². The van der Waals surface area contributed by atoms with Crippen LogP contribution in [0.15, 0.2) is 53.1 Å². The SMILES string of the molecule is N[C@@H](C(=O)Cc1ccco1)c1ccccc1. The Morgan fingerprint density at radius 1 is 1.19 bits per heavy atom. The number of hydrogen-bond donors (Lipinski definition) is 1. The summed E-state index contributed by atoms with van der Waals surface area (Å²) in [6.45, 7) is 0. The summed E-state index contributed by atoms with van der Waals surface area (Å²) in [5.74, 6) is 0.609. The third-order valence-corrected chi connectivity index (χ3v) is 2.43. The van der Waals surface area contributed by atoms with Gasteiger partial charge >= 0.3 is 0 Å². The van der Waals surface area contributed by atoms with Gasteiger partial charge in [-0.3, -0.25) is 4.79 Å². The van der Waals surface area contributed by atoms with Crippen molar-refractivity contribution in [3.63, 3.8) is 0 Å². The van der Waals surface area contributed by atoms with Crippen LogP contribution < -0.4 is 5.73 Å². The summed E-state index contributed by atoms with van der Waals surface area (Å²) in [5, 5.41) is 0. The predicted molar refractivity (Wildman–Crippen MR) is 60.8 cm³/mol. The molecule has 1 aromatic heterocycles. The van der Waals surface area contributed by atoms with E-state index in [0.717, 1.165) is 5.56 Å². The van der Waals surface area contributed by atoms with Gasteiger partial charge in [-0.05, 0) is 17.7 Å². The van der Waals surface area contributed by atoms with Crippen molar-refractivity contribution in [2.45, 2.75) is 12.5 Å². The fraction of sp³-hybridized carbons (Fsp3) is 0.154. The van der Waals surface area contributed by atoms with Crippen molar-refractivity contribution in [1.29, 1.82) is 0 Å². The van der Waals surface area contributed by atoms with Gasteiger partial charge in [0.15, 0.2) is 5.78 Å². The first-order valence-corrected chi connectivity index (χ1v) is 5.13. The summed E-state index contributed by atoms with van der Waals surface area (Å²) < 4.78 is 5.11. The molecule has 0 aliphatic rings. The zero-order valence-corrected chi connectivity index (χ0v) is 8.80. The minimum atomic E-state index is -0.578. The maximum Gasteiger partial charge on any atom is 0.161 e. The van der Waals surface area contributed by atoms with Crippen LogP contribution in [0.3, 0.4) is 0 Å². The molecule has 0 radical (unpaired) electrons. The molecular formula is C13H13NO2. The lowest BCUT2D eigenvalue weighted by atomic mass is 10.0.